The van der Waals surface area contributed by atoms with Gasteiger partial charge in [0.1, 0.15) is 0 Å². The molecule has 0 spiro atoms. The Hall–Kier alpha value is -1.72. The quantitative estimate of drug-likeness (QED) is 0.900. The molecule has 2 rings (SSSR count). The zero-order valence-electron chi connectivity index (χ0n) is 11.9. The van der Waals surface area contributed by atoms with Gasteiger partial charge < -0.3 is 10.0 Å². The zero-order valence-corrected chi connectivity index (χ0v) is 11.9. The molecule has 1 saturated carbocycles. The van der Waals surface area contributed by atoms with Crippen LogP contribution in [0.15, 0.2) is 18.2 Å². The molecule has 6 heteroatoms. The van der Waals surface area contributed by atoms with Gasteiger partial charge >= 0.3 is 12.1 Å². The largest absolute Gasteiger partial charge is 0.481 e. The van der Waals surface area contributed by atoms with Gasteiger partial charge in [-0.25, -0.2) is 0 Å². The van der Waals surface area contributed by atoms with Crippen molar-refractivity contribution < 1.29 is 23.1 Å². The number of rotatable bonds is 5. The molecule has 0 heterocycles. The molecule has 116 valence electrons. The highest BCUT2D eigenvalue weighted by Crippen LogP contribution is 2.48. The monoisotopic (exact) mass is 301 g/mol. The van der Waals surface area contributed by atoms with Crippen LogP contribution in [0.5, 0.6) is 0 Å². The molecule has 3 nitrogen and oxygen atoms in total. The fraction of sp³-hybridized carbons (Fsp3) is 0.533. The highest BCUT2D eigenvalue weighted by atomic mass is 19.4. The van der Waals surface area contributed by atoms with Crippen LogP contribution in [-0.4, -0.2) is 25.2 Å². The summed E-state index contributed by atoms with van der Waals surface area (Å²) in [5.41, 5.74) is 0.417. The average Bonchev–Trinajstić information content (AvgIpc) is 3.18. The second-order valence-corrected chi connectivity index (χ2v) is 5.71. The molecule has 0 amide bonds. The summed E-state index contributed by atoms with van der Waals surface area (Å²) in [7, 11) is 3.49. The van der Waals surface area contributed by atoms with E-state index < -0.39 is 17.7 Å². The third-order valence-electron chi connectivity index (χ3n) is 3.82. The van der Waals surface area contributed by atoms with Crippen molar-refractivity contribution in [2.24, 2.45) is 5.92 Å². The van der Waals surface area contributed by atoms with Crippen molar-refractivity contribution in [2.75, 3.05) is 19.0 Å². The van der Waals surface area contributed by atoms with Gasteiger partial charge in [-0.3, -0.25) is 4.79 Å². The molecule has 0 radical (unpaired) electrons. The van der Waals surface area contributed by atoms with Gasteiger partial charge in [0.25, 0.3) is 0 Å². The third kappa shape index (κ3) is 3.68. The molecule has 1 aliphatic rings. The molecule has 0 aliphatic heterocycles. The summed E-state index contributed by atoms with van der Waals surface area (Å²) >= 11 is 0. The number of hydrogen-bond donors (Lipinski definition) is 1. The van der Waals surface area contributed by atoms with E-state index in [4.69, 9.17) is 5.11 Å². The first-order chi connectivity index (χ1) is 9.70. The second-order valence-electron chi connectivity index (χ2n) is 5.71. The van der Waals surface area contributed by atoms with Crippen LogP contribution in [0.1, 0.15) is 36.3 Å². The minimum atomic E-state index is -4.42. The Kier molecular flexibility index (Phi) is 4.16. The lowest BCUT2D eigenvalue weighted by molar-refractivity contribution is -0.138. The Morgan fingerprint density at radius 2 is 2.00 bits per heavy atom. The van der Waals surface area contributed by atoms with E-state index in [1.807, 2.05) is 0 Å². The highest BCUT2D eigenvalue weighted by molar-refractivity contribution is 5.69. The van der Waals surface area contributed by atoms with Gasteiger partial charge in [0.05, 0.1) is 12.0 Å². The summed E-state index contributed by atoms with van der Waals surface area (Å²) in [6.07, 6.45) is -2.80. The normalized spacial score (nSPS) is 16.6. The fourth-order valence-corrected chi connectivity index (χ4v) is 2.65. The molecule has 0 aromatic heterocycles. The average molecular weight is 301 g/mol. The number of hydrogen-bond acceptors (Lipinski definition) is 2. The first-order valence-corrected chi connectivity index (χ1v) is 6.80. The maximum absolute atomic E-state index is 12.9. The molecule has 0 saturated heterocycles. The van der Waals surface area contributed by atoms with E-state index in [0.29, 0.717) is 11.3 Å². The number of carbonyl (C=O) groups is 1. The molecule has 1 aromatic rings. The van der Waals surface area contributed by atoms with E-state index in [2.05, 4.69) is 0 Å². The maximum atomic E-state index is 12.9. The Labute approximate surface area is 121 Å². The lowest BCUT2D eigenvalue weighted by atomic mass is 9.88. The van der Waals surface area contributed by atoms with E-state index in [1.54, 1.807) is 19.0 Å². The molecule has 1 aliphatic carbocycles. The Morgan fingerprint density at radius 3 is 2.43 bits per heavy atom. The van der Waals surface area contributed by atoms with Crippen LogP contribution < -0.4 is 4.90 Å². The van der Waals surface area contributed by atoms with Crippen molar-refractivity contribution in [1.82, 2.24) is 0 Å². The van der Waals surface area contributed by atoms with Crippen molar-refractivity contribution in [1.29, 1.82) is 0 Å². The van der Waals surface area contributed by atoms with Gasteiger partial charge in [0, 0.05) is 19.8 Å². The molecule has 1 aromatic carbocycles. The summed E-state index contributed by atoms with van der Waals surface area (Å²) in [5.74, 6) is -1.17. The molecular weight excluding hydrogens is 283 g/mol. The third-order valence-corrected chi connectivity index (χ3v) is 3.82. The van der Waals surface area contributed by atoms with Crippen molar-refractivity contribution >= 4 is 11.7 Å². The van der Waals surface area contributed by atoms with Gasteiger partial charge in [-0.2, -0.15) is 13.2 Å². The number of carboxylic acid groups (broad SMARTS) is 1. The van der Waals surface area contributed by atoms with E-state index in [0.717, 1.165) is 25.0 Å². The Balaban J connectivity index is 2.48. The minimum absolute atomic E-state index is 0.132. The van der Waals surface area contributed by atoms with E-state index in [9.17, 15) is 18.0 Å². The lowest BCUT2D eigenvalue weighted by Crippen LogP contribution is -2.17. The molecular formula is C15H18F3NO2. The Bertz CT molecular complexity index is 536. The van der Waals surface area contributed by atoms with Crippen LogP contribution >= 0.6 is 0 Å². The van der Waals surface area contributed by atoms with Gasteiger partial charge in [-0.15, -0.1) is 0 Å². The minimum Gasteiger partial charge on any atom is -0.481 e. The van der Waals surface area contributed by atoms with E-state index in [-0.39, 0.29) is 18.3 Å². The second kappa shape index (κ2) is 5.58. The van der Waals surface area contributed by atoms with Crippen molar-refractivity contribution in [2.45, 2.75) is 31.4 Å². The van der Waals surface area contributed by atoms with Crippen LogP contribution in [0.25, 0.3) is 0 Å². The number of nitrogens with zero attached hydrogens (tertiary/aromatic N) is 1. The van der Waals surface area contributed by atoms with Crippen LogP contribution in [0.2, 0.25) is 0 Å². The zero-order chi connectivity index (χ0) is 15.8. The van der Waals surface area contributed by atoms with E-state index >= 15 is 0 Å². The van der Waals surface area contributed by atoms with Crippen LogP contribution in [0, 0.1) is 5.92 Å². The van der Waals surface area contributed by atoms with Gasteiger partial charge in [0.15, 0.2) is 0 Å². The van der Waals surface area contributed by atoms with Gasteiger partial charge in [0.2, 0.25) is 0 Å². The predicted octanol–water partition coefficient (Wildman–Crippen LogP) is 3.74. The summed E-state index contributed by atoms with van der Waals surface area (Å²) in [6, 6.07) is 3.58. The van der Waals surface area contributed by atoms with Crippen LogP contribution in [0.4, 0.5) is 18.9 Å². The molecule has 0 bridgehead atoms. The number of halogens is 3. The SMILES string of the molecule is CN(C)c1ccc(C(F)(F)F)cc1C(CC(=O)O)C1CC1. The number of carboxylic acids is 1. The van der Waals surface area contributed by atoms with Crippen molar-refractivity contribution in [3.8, 4) is 0 Å². The van der Waals surface area contributed by atoms with Crippen molar-refractivity contribution in [3.05, 3.63) is 29.3 Å². The lowest BCUT2D eigenvalue weighted by Gasteiger charge is -2.24. The molecule has 1 atom stereocenters. The first-order valence-electron chi connectivity index (χ1n) is 6.80. The molecule has 1 fully saturated rings. The summed E-state index contributed by atoms with van der Waals surface area (Å²) in [6.45, 7) is 0. The van der Waals surface area contributed by atoms with Gasteiger partial charge in [-0.05, 0) is 48.4 Å². The van der Waals surface area contributed by atoms with Crippen LogP contribution in [-0.2, 0) is 11.0 Å². The number of benzene rings is 1. The Morgan fingerprint density at radius 1 is 1.38 bits per heavy atom. The smallest absolute Gasteiger partial charge is 0.416 e. The summed E-state index contributed by atoms with van der Waals surface area (Å²) < 4.78 is 38.7. The standard InChI is InChI=1S/C15H18F3NO2/c1-19(2)13-6-5-10(15(16,17)18)7-12(13)11(8-14(20)21)9-3-4-9/h5-7,9,11H,3-4,8H2,1-2H3,(H,20,21). The molecule has 21 heavy (non-hydrogen) atoms. The highest BCUT2D eigenvalue weighted by Gasteiger charge is 2.37. The van der Waals surface area contributed by atoms with Crippen molar-refractivity contribution in [3.63, 3.8) is 0 Å². The topological polar surface area (TPSA) is 40.5 Å². The predicted molar refractivity (Wildman–Crippen MR) is 73.5 cm³/mol. The van der Waals surface area contributed by atoms with Crippen LogP contribution in [0.3, 0.4) is 0 Å². The molecule has 1 N–H and O–H groups in total. The summed E-state index contributed by atoms with van der Waals surface area (Å²) in [5, 5.41) is 9.04. The van der Waals surface area contributed by atoms with E-state index in [1.165, 1.54) is 6.07 Å². The number of anilines is 1. The number of aliphatic carboxylic acids is 1. The molecule has 1 unspecified atom stereocenters. The first kappa shape index (κ1) is 15.7. The summed E-state index contributed by atoms with van der Waals surface area (Å²) in [4.78, 5) is 12.8. The maximum Gasteiger partial charge on any atom is 0.416 e. The number of alkyl halides is 3. The van der Waals surface area contributed by atoms with Gasteiger partial charge in [-0.1, -0.05) is 0 Å². The fourth-order valence-electron chi connectivity index (χ4n) is 2.65.